The number of hydrogen-bond donors (Lipinski definition) is 0. The van der Waals surface area contributed by atoms with Crippen LogP contribution in [0.3, 0.4) is 0 Å². The van der Waals surface area contributed by atoms with Crippen LogP contribution < -0.4 is 10.4 Å². The standard InChI is InChI=1S/C21H13N/c22-14-16-10-8-15(9-11-16)12-17-5-3-7-20-19-6-2-1-4-18(19)13-21(17)20/h1-13H. The highest BCUT2D eigenvalue weighted by molar-refractivity contribution is 5.83. The maximum Gasteiger partial charge on any atom is 0.0991 e. The number of rotatable bonds is 1. The van der Waals surface area contributed by atoms with Crippen LogP contribution in [-0.4, -0.2) is 0 Å². The number of benzene rings is 3. The summed E-state index contributed by atoms with van der Waals surface area (Å²) in [7, 11) is 0. The zero-order valence-electron chi connectivity index (χ0n) is 12.0. The molecule has 1 nitrogen and oxygen atoms in total. The summed E-state index contributed by atoms with van der Waals surface area (Å²) >= 11 is 0. The summed E-state index contributed by atoms with van der Waals surface area (Å²) in [6, 6.07) is 24.7. The van der Waals surface area contributed by atoms with E-state index in [4.69, 9.17) is 5.26 Å². The Bertz CT molecular complexity index is 1020. The Balaban J connectivity index is 1.91. The molecule has 3 aromatic carbocycles. The van der Waals surface area contributed by atoms with Crippen molar-refractivity contribution < 1.29 is 0 Å². The largest absolute Gasteiger partial charge is 0.192 e. The van der Waals surface area contributed by atoms with Gasteiger partial charge in [0.2, 0.25) is 0 Å². The molecule has 0 unspecified atom stereocenters. The molecule has 0 fully saturated rings. The summed E-state index contributed by atoms with van der Waals surface area (Å²) in [5, 5.41) is 11.4. The van der Waals surface area contributed by atoms with Crippen LogP contribution in [0.5, 0.6) is 0 Å². The average molecular weight is 279 g/mol. The summed E-state index contributed by atoms with van der Waals surface area (Å²) in [6.45, 7) is 0. The zero-order chi connectivity index (χ0) is 14.9. The summed E-state index contributed by atoms with van der Waals surface area (Å²) in [5.74, 6) is 0. The Hall–Kier alpha value is -3.11. The summed E-state index contributed by atoms with van der Waals surface area (Å²) in [4.78, 5) is 0. The summed E-state index contributed by atoms with van der Waals surface area (Å²) in [5.41, 5.74) is 5.66. The Morgan fingerprint density at radius 1 is 0.773 bits per heavy atom. The molecule has 1 heteroatoms. The van der Waals surface area contributed by atoms with Crippen molar-refractivity contribution >= 4 is 12.2 Å². The second-order valence-corrected chi connectivity index (χ2v) is 5.42. The van der Waals surface area contributed by atoms with Crippen LogP contribution in [0.15, 0.2) is 66.7 Å². The van der Waals surface area contributed by atoms with Crippen LogP contribution >= 0.6 is 0 Å². The van der Waals surface area contributed by atoms with Crippen molar-refractivity contribution in [2.75, 3.05) is 0 Å². The monoisotopic (exact) mass is 279 g/mol. The van der Waals surface area contributed by atoms with E-state index >= 15 is 0 Å². The highest BCUT2D eigenvalue weighted by Gasteiger charge is 2.10. The van der Waals surface area contributed by atoms with Crippen LogP contribution in [0.25, 0.3) is 23.3 Å². The lowest BCUT2D eigenvalue weighted by atomic mass is 10.0. The lowest BCUT2D eigenvalue weighted by Gasteiger charge is -2.00. The molecule has 0 N–H and O–H groups in total. The van der Waals surface area contributed by atoms with Gasteiger partial charge in [-0.3, -0.25) is 0 Å². The summed E-state index contributed by atoms with van der Waals surface area (Å²) < 4.78 is 0. The minimum atomic E-state index is 0.689. The van der Waals surface area contributed by atoms with Crippen LogP contribution in [-0.2, 0) is 0 Å². The quantitative estimate of drug-likeness (QED) is 0.525. The van der Waals surface area contributed by atoms with Crippen molar-refractivity contribution in [2.24, 2.45) is 0 Å². The molecule has 0 saturated heterocycles. The van der Waals surface area contributed by atoms with E-state index in [2.05, 4.69) is 60.7 Å². The molecular weight excluding hydrogens is 266 g/mol. The van der Waals surface area contributed by atoms with Gasteiger partial charge in [-0.2, -0.15) is 5.26 Å². The minimum Gasteiger partial charge on any atom is -0.192 e. The van der Waals surface area contributed by atoms with Crippen molar-refractivity contribution in [3.05, 3.63) is 93.9 Å². The van der Waals surface area contributed by atoms with E-state index in [1.807, 2.05) is 24.3 Å². The van der Waals surface area contributed by atoms with Gasteiger partial charge in [-0.15, -0.1) is 0 Å². The van der Waals surface area contributed by atoms with Gasteiger partial charge in [0.15, 0.2) is 0 Å². The van der Waals surface area contributed by atoms with Gasteiger partial charge in [0.1, 0.15) is 0 Å². The van der Waals surface area contributed by atoms with E-state index in [9.17, 15) is 0 Å². The van der Waals surface area contributed by atoms with Crippen molar-refractivity contribution in [2.45, 2.75) is 0 Å². The van der Waals surface area contributed by atoms with E-state index < -0.39 is 0 Å². The molecule has 0 radical (unpaired) electrons. The van der Waals surface area contributed by atoms with E-state index in [1.165, 1.54) is 27.1 Å². The fourth-order valence-corrected chi connectivity index (χ4v) is 2.96. The van der Waals surface area contributed by atoms with Gasteiger partial charge in [-0.1, -0.05) is 54.6 Å². The van der Waals surface area contributed by atoms with Gasteiger partial charge in [0, 0.05) is 0 Å². The van der Waals surface area contributed by atoms with Gasteiger partial charge in [-0.05, 0) is 57.0 Å². The van der Waals surface area contributed by atoms with Crippen molar-refractivity contribution in [3.63, 3.8) is 0 Å². The molecule has 0 amide bonds. The third-order valence-electron chi connectivity index (χ3n) is 4.05. The molecule has 4 rings (SSSR count). The molecule has 0 aromatic heterocycles. The normalized spacial score (nSPS) is 12.2. The molecular formula is C21H13N. The molecule has 22 heavy (non-hydrogen) atoms. The lowest BCUT2D eigenvalue weighted by molar-refractivity contribution is 1.47. The maximum atomic E-state index is 8.88. The SMILES string of the molecule is N#Cc1ccc(C=c2cccc3c2=Cc2ccccc2-3)cc1. The zero-order valence-corrected chi connectivity index (χ0v) is 12.0. The molecule has 1 aliphatic rings. The minimum absolute atomic E-state index is 0.689. The smallest absolute Gasteiger partial charge is 0.0991 e. The third-order valence-corrected chi connectivity index (χ3v) is 4.05. The first-order valence-corrected chi connectivity index (χ1v) is 7.27. The highest BCUT2D eigenvalue weighted by atomic mass is 14.2. The average Bonchev–Trinajstić information content (AvgIpc) is 2.95. The lowest BCUT2D eigenvalue weighted by Crippen LogP contribution is -2.24. The topological polar surface area (TPSA) is 23.8 Å². The van der Waals surface area contributed by atoms with E-state index in [1.54, 1.807) is 0 Å². The number of nitriles is 1. The fraction of sp³-hybridized carbons (Fsp3) is 0. The van der Waals surface area contributed by atoms with Crippen molar-refractivity contribution in [3.8, 4) is 17.2 Å². The van der Waals surface area contributed by atoms with Crippen LogP contribution in [0.1, 0.15) is 16.7 Å². The molecule has 0 heterocycles. The first-order chi connectivity index (χ1) is 10.8. The van der Waals surface area contributed by atoms with Gasteiger partial charge >= 0.3 is 0 Å². The molecule has 0 saturated carbocycles. The molecule has 102 valence electrons. The van der Waals surface area contributed by atoms with Gasteiger partial charge < -0.3 is 0 Å². The second-order valence-electron chi connectivity index (χ2n) is 5.42. The molecule has 3 aromatic rings. The highest BCUT2D eigenvalue weighted by Crippen LogP contribution is 2.24. The van der Waals surface area contributed by atoms with E-state index in [-0.39, 0.29) is 0 Å². The Morgan fingerprint density at radius 2 is 1.55 bits per heavy atom. The predicted molar refractivity (Wildman–Crippen MR) is 89.4 cm³/mol. The third kappa shape index (κ3) is 2.03. The second kappa shape index (κ2) is 5.02. The molecule has 0 aliphatic heterocycles. The van der Waals surface area contributed by atoms with Crippen molar-refractivity contribution in [1.82, 2.24) is 0 Å². The van der Waals surface area contributed by atoms with Gasteiger partial charge in [0.05, 0.1) is 11.6 Å². The Labute approximate surface area is 129 Å². The molecule has 0 atom stereocenters. The Morgan fingerprint density at radius 3 is 2.36 bits per heavy atom. The number of hydrogen-bond acceptors (Lipinski definition) is 1. The van der Waals surface area contributed by atoms with Crippen molar-refractivity contribution in [1.29, 1.82) is 5.26 Å². The van der Waals surface area contributed by atoms with Crippen LogP contribution in [0.2, 0.25) is 0 Å². The number of fused-ring (bicyclic) bond motifs is 3. The first-order valence-electron chi connectivity index (χ1n) is 7.27. The predicted octanol–water partition coefficient (Wildman–Crippen LogP) is 3.20. The Kier molecular flexibility index (Phi) is 2.88. The van der Waals surface area contributed by atoms with Crippen LogP contribution in [0, 0.1) is 11.3 Å². The number of nitrogens with zero attached hydrogens (tertiary/aromatic N) is 1. The van der Waals surface area contributed by atoms with Crippen LogP contribution in [0.4, 0.5) is 0 Å². The first kappa shape index (κ1) is 12.6. The summed E-state index contributed by atoms with van der Waals surface area (Å²) in [6.07, 6.45) is 4.42. The van der Waals surface area contributed by atoms with E-state index in [0.29, 0.717) is 5.56 Å². The fourth-order valence-electron chi connectivity index (χ4n) is 2.96. The van der Waals surface area contributed by atoms with Gasteiger partial charge in [0.25, 0.3) is 0 Å². The van der Waals surface area contributed by atoms with E-state index in [0.717, 1.165) is 5.56 Å². The molecule has 0 spiro atoms. The van der Waals surface area contributed by atoms with Gasteiger partial charge in [-0.25, -0.2) is 0 Å². The molecule has 0 bridgehead atoms. The maximum absolute atomic E-state index is 8.88. The molecule has 1 aliphatic carbocycles.